The van der Waals surface area contributed by atoms with Gasteiger partial charge in [0.15, 0.2) is 0 Å². The van der Waals surface area contributed by atoms with Gasteiger partial charge in [-0.25, -0.2) is 0 Å². The average molecular weight is 266 g/mol. The molecule has 7 heteroatoms. The Morgan fingerprint density at radius 2 is 2.28 bits per heavy atom. The van der Waals surface area contributed by atoms with Crippen LogP contribution in [0.2, 0.25) is 0 Å². The maximum absolute atomic E-state index is 10.7. The van der Waals surface area contributed by atoms with Crippen LogP contribution in [0.15, 0.2) is 12.1 Å². The number of nitriles is 1. The SMILES string of the molecule is N#CC[C@H](c1ccc([N+](=O)[O-])s1)N1CCNCC1. The highest BCUT2D eigenvalue weighted by Gasteiger charge is 2.25. The van der Waals surface area contributed by atoms with Crippen LogP contribution in [0.25, 0.3) is 0 Å². The van der Waals surface area contributed by atoms with Gasteiger partial charge in [0.1, 0.15) is 0 Å². The molecule has 18 heavy (non-hydrogen) atoms. The van der Waals surface area contributed by atoms with Gasteiger partial charge in [-0.1, -0.05) is 11.3 Å². The molecule has 1 aliphatic rings. The summed E-state index contributed by atoms with van der Waals surface area (Å²) >= 11 is 1.17. The van der Waals surface area contributed by atoms with E-state index in [1.807, 2.05) is 0 Å². The highest BCUT2D eigenvalue weighted by Crippen LogP contribution is 2.33. The smallest absolute Gasteiger partial charge is 0.314 e. The molecule has 1 aromatic heterocycles. The number of nitrogens with one attached hydrogen (secondary N) is 1. The van der Waals surface area contributed by atoms with Crippen molar-refractivity contribution in [1.82, 2.24) is 10.2 Å². The second-order valence-corrected chi connectivity index (χ2v) is 5.19. The third kappa shape index (κ3) is 2.85. The van der Waals surface area contributed by atoms with Crippen LogP contribution in [0.5, 0.6) is 0 Å². The summed E-state index contributed by atoms with van der Waals surface area (Å²) in [5, 5.41) is 23.0. The molecular formula is C11H14N4O2S. The molecule has 0 spiro atoms. The van der Waals surface area contributed by atoms with Crippen molar-refractivity contribution in [2.45, 2.75) is 12.5 Å². The second kappa shape index (κ2) is 5.91. The van der Waals surface area contributed by atoms with Crippen LogP contribution in [0.1, 0.15) is 17.3 Å². The Hall–Kier alpha value is -1.49. The minimum atomic E-state index is -0.380. The van der Waals surface area contributed by atoms with Crippen LogP contribution in [-0.4, -0.2) is 36.0 Å². The Bertz CT molecular complexity index is 462. The fraction of sp³-hybridized carbons (Fsp3) is 0.545. The van der Waals surface area contributed by atoms with Crippen molar-refractivity contribution in [3.63, 3.8) is 0 Å². The summed E-state index contributed by atoms with van der Waals surface area (Å²) in [5.74, 6) is 0. The lowest BCUT2D eigenvalue weighted by Crippen LogP contribution is -2.44. The van der Waals surface area contributed by atoms with Gasteiger partial charge < -0.3 is 5.32 Å². The highest BCUT2D eigenvalue weighted by molar-refractivity contribution is 7.15. The number of piperazine rings is 1. The van der Waals surface area contributed by atoms with Crippen molar-refractivity contribution in [1.29, 1.82) is 5.26 Å². The van der Waals surface area contributed by atoms with Crippen molar-refractivity contribution in [3.8, 4) is 6.07 Å². The van der Waals surface area contributed by atoms with Gasteiger partial charge in [-0.05, 0) is 6.07 Å². The van der Waals surface area contributed by atoms with Crippen molar-refractivity contribution >= 4 is 16.3 Å². The number of hydrogen-bond acceptors (Lipinski definition) is 6. The first-order chi connectivity index (χ1) is 8.72. The summed E-state index contributed by atoms with van der Waals surface area (Å²) in [6.07, 6.45) is 0.373. The molecule has 1 atom stereocenters. The van der Waals surface area contributed by atoms with Gasteiger partial charge in [-0.15, -0.1) is 0 Å². The highest BCUT2D eigenvalue weighted by atomic mass is 32.1. The first kappa shape index (κ1) is 13.0. The maximum atomic E-state index is 10.7. The van der Waals surface area contributed by atoms with Gasteiger partial charge in [0.05, 0.1) is 23.5 Å². The molecule has 1 N–H and O–H groups in total. The summed E-state index contributed by atoms with van der Waals surface area (Å²) in [6.45, 7) is 3.54. The molecule has 1 aliphatic heterocycles. The van der Waals surface area contributed by atoms with Crippen molar-refractivity contribution in [2.75, 3.05) is 26.2 Å². The van der Waals surface area contributed by atoms with Crippen molar-refractivity contribution in [3.05, 3.63) is 27.1 Å². The average Bonchev–Trinajstić information content (AvgIpc) is 2.86. The minimum absolute atomic E-state index is 0.0178. The lowest BCUT2D eigenvalue weighted by molar-refractivity contribution is -0.380. The summed E-state index contributed by atoms with van der Waals surface area (Å²) in [4.78, 5) is 13.4. The van der Waals surface area contributed by atoms with E-state index in [1.165, 1.54) is 17.4 Å². The van der Waals surface area contributed by atoms with Crippen LogP contribution in [0.3, 0.4) is 0 Å². The molecule has 2 heterocycles. The Labute approximate surface area is 109 Å². The third-order valence-electron chi connectivity index (χ3n) is 3.00. The van der Waals surface area contributed by atoms with E-state index in [-0.39, 0.29) is 16.0 Å². The zero-order valence-electron chi connectivity index (χ0n) is 9.83. The predicted octanol–water partition coefficient (Wildman–Crippen LogP) is 1.52. The largest absolute Gasteiger partial charge is 0.324 e. The normalized spacial score (nSPS) is 18.2. The van der Waals surface area contributed by atoms with Crippen LogP contribution in [0, 0.1) is 21.4 Å². The molecule has 0 amide bonds. The number of nitro groups is 1. The fourth-order valence-corrected chi connectivity index (χ4v) is 3.07. The van der Waals surface area contributed by atoms with Gasteiger partial charge in [-0.2, -0.15) is 5.26 Å². The van der Waals surface area contributed by atoms with Gasteiger partial charge in [0.25, 0.3) is 0 Å². The van der Waals surface area contributed by atoms with E-state index in [0.717, 1.165) is 31.1 Å². The first-order valence-electron chi connectivity index (χ1n) is 5.78. The summed E-state index contributed by atoms with van der Waals surface area (Å²) in [7, 11) is 0. The zero-order chi connectivity index (χ0) is 13.0. The van der Waals surface area contributed by atoms with Gasteiger partial charge >= 0.3 is 5.00 Å². The molecule has 6 nitrogen and oxygen atoms in total. The number of thiophene rings is 1. The minimum Gasteiger partial charge on any atom is -0.314 e. The fourth-order valence-electron chi connectivity index (χ4n) is 2.11. The number of rotatable bonds is 4. The molecule has 96 valence electrons. The van der Waals surface area contributed by atoms with Crippen LogP contribution in [0.4, 0.5) is 5.00 Å². The van der Waals surface area contributed by atoms with E-state index in [0.29, 0.717) is 6.42 Å². The molecule has 0 aromatic carbocycles. The second-order valence-electron chi connectivity index (χ2n) is 4.10. The molecule has 1 saturated heterocycles. The van der Waals surface area contributed by atoms with Gasteiger partial charge in [0.2, 0.25) is 0 Å². The predicted molar refractivity (Wildman–Crippen MR) is 68.4 cm³/mol. The van der Waals surface area contributed by atoms with E-state index in [4.69, 9.17) is 5.26 Å². The van der Waals surface area contributed by atoms with Gasteiger partial charge in [-0.3, -0.25) is 15.0 Å². The Morgan fingerprint density at radius 1 is 1.56 bits per heavy atom. The Morgan fingerprint density at radius 3 is 2.83 bits per heavy atom. The van der Waals surface area contributed by atoms with E-state index in [2.05, 4.69) is 16.3 Å². The van der Waals surface area contributed by atoms with Crippen LogP contribution >= 0.6 is 11.3 Å². The first-order valence-corrected chi connectivity index (χ1v) is 6.60. The zero-order valence-corrected chi connectivity index (χ0v) is 10.7. The Balaban J connectivity index is 2.17. The molecule has 2 rings (SSSR count). The quantitative estimate of drug-likeness (QED) is 0.660. The summed E-state index contributed by atoms with van der Waals surface area (Å²) in [5.41, 5.74) is 0. The maximum Gasteiger partial charge on any atom is 0.324 e. The van der Waals surface area contributed by atoms with Crippen molar-refractivity contribution < 1.29 is 4.92 Å². The Kier molecular flexibility index (Phi) is 4.25. The summed E-state index contributed by atoms with van der Waals surface area (Å²) < 4.78 is 0. The molecule has 0 aliphatic carbocycles. The van der Waals surface area contributed by atoms with Crippen molar-refractivity contribution in [2.24, 2.45) is 0 Å². The molecule has 0 radical (unpaired) electrons. The topological polar surface area (TPSA) is 82.2 Å². The standard InChI is InChI=1S/C11H14N4O2S/c12-4-3-9(14-7-5-13-6-8-14)10-1-2-11(18-10)15(16)17/h1-2,9,13H,3,5-8H2/t9-/m1/s1. The lowest BCUT2D eigenvalue weighted by Gasteiger charge is -2.33. The van der Waals surface area contributed by atoms with E-state index < -0.39 is 0 Å². The van der Waals surface area contributed by atoms with E-state index in [9.17, 15) is 10.1 Å². The monoisotopic (exact) mass is 266 g/mol. The van der Waals surface area contributed by atoms with E-state index >= 15 is 0 Å². The molecule has 0 unspecified atom stereocenters. The lowest BCUT2D eigenvalue weighted by atomic mass is 10.1. The summed E-state index contributed by atoms with van der Waals surface area (Å²) in [6, 6.07) is 5.45. The van der Waals surface area contributed by atoms with Gasteiger partial charge in [0, 0.05) is 37.1 Å². The number of nitrogens with zero attached hydrogens (tertiary/aromatic N) is 3. The van der Waals surface area contributed by atoms with Crippen LogP contribution in [-0.2, 0) is 0 Å². The third-order valence-corrected chi connectivity index (χ3v) is 4.14. The van der Waals surface area contributed by atoms with E-state index in [1.54, 1.807) is 6.07 Å². The molecular weight excluding hydrogens is 252 g/mol. The molecule has 0 saturated carbocycles. The number of hydrogen-bond donors (Lipinski definition) is 1. The molecule has 1 aromatic rings. The van der Waals surface area contributed by atoms with Crippen LogP contribution < -0.4 is 5.32 Å². The molecule has 0 bridgehead atoms. The molecule has 1 fully saturated rings.